The lowest BCUT2D eigenvalue weighted by Crippen LogP contribution is -2.48. The first-order chi connectivity index (χ1) is 9.41. The lowest BCUT2D eigenvalue weighted by Gasteiger charge is -2.33. The maximum Gasteiger partial charge on any atom is 0.241 e. The number of carbonyl (C=O) groups is 1. The minimum Gasteiger partial charge on any atom is -0.324 e. The molecule has 2 aliphatic heterocycles. The SMILES string of the molecule is CC(C)C1NC(C(C)C)N(CC(C)N2CCCC2)C1=O. The summed E-state index contributed by atoms with van der Waals surface area (Å²) in [7, 11) is 0. The van der Waals surface area contributed by atoms with Gasteiger partial charge in [-0.25, -0.2) is 0 Å². The molecular formula is C16H31N3O. The number of rotatable bonds is 5. The average Bonchev–Trinajstić information content (AvgIpc) is 2.98. The lowest BCUT2D eigenvalue weighted by molar-refractivity contribution is -0.131. The predicted octanol–water partition coefficient (Wildman–Crippen LogP) is 1.91. The molecule has 0 aromatic carbocycles. The van der Waals surface area contributed by atoms with Gasteiger partial charge in [-0.2, -0.15) is 0 Å². The van der Waals surface area contributed by atoms with E-state index >= 15 is 0 Å². The average molecular weight is 281 g/mol. The summed E-state index contributed by atoms with van der Waals surface area (Å²) in [4.78, 5) is 17.3. The molecule has 2 fully saturated rings. The van der Waals surface area contributed by atoms with Crippen LogP contribution >= 0.6 is 0 Å². The Bertz CT molecular complexity index is 337. The van der Waals surface area contributed by atoms with Gasteiger partial charge in [-0.1, -0.05) is 27.7 Å². The monoisotopic (exact) mass is 281 g/mol. The van der Waals surface area contributed by atoms with Crippen LogP contribution in [0.5, 0.6) is 0 Å². The van der Waals surface area contributed by atoms with Crippen molar-refractivity contribution in [2.24, 2.45) is 11.8 Å². The normalized spacial score (nSPS) is 29.9. The van der Waals surface area contributed by atoms with Crippen LogP contribution in [0.2, 0.25) is 0 Å². The summed E-state index contributed by atoms with van der Waals surface area (Å²) < 4.78 is 0. The Balaban J connectivity index is 2.04. The van der Waals surface area contributed by atoms with Crippen LogP contribution in [0.15, 0.2) is 0 Å². The Morgan fingerprint density at radius 3 is 2.20 bits per heavy atom. The molecule has 4 nitrogen and oxygen atoms in total. The molecule has 20 heavy (non-hydrogen) atoms. The number of likely N-dealkylation sites (tertiary alicyclic amines) is 1. The van der Waals surface area contributed by atoms with Crippen molar-refractivity contribution in [2.45, 2.75) is 65.7 Å². The van der Waals surface area contributed by atoms with Gasteiger partial charge in [0, 0.05) is 12.6 Å². The molecule has 116 valence electrons. The van der Waals surface area contributed by atoms with Crippen LogP contribution in [0.4, 0.5) is 0 Å². The fourth-order valence-corrected chi connectivity index (χ4v) is 3.48. The molecule has 0 radical (unpaired) electrons. The third kappa shape index (κ3) is 3.17. The molecule has 2 saturated heterocycles. The zero-order valence-electron chi connectivity index (χ0n) is 13.7. The smallest absolute Gasteiger partial charge is 0.241 e. The highest BCUT2D eigenvalue weighted by atomic mass is 16.2. The van der Waals surface area contributed by atoms with E-state index < -0.39 is 0 Å². The van der Waals surface area contributed by atoms with E-state index in [2.05, 4.69) is 49.7 Å². The Kier molecular flexibility index (Phi) is 5.08. The largest absolute Gasteiger partial charge is 0.324 e. The van der Waals surface area contributed by atoms with Crippen molar-refractivity contribution in [1.29, 1.82) is 0 Å². The van der Waals surface area contributed by atoms with Gasteiger partial charge in [0.1, 0.15) is 0 Å². The molecular weight excluding hydrogens is 250 g/mol. The van der Waals surface area contributed by atoms with Crippen LogP contribution in [-0.2, 0) is 4.79 Å². The van der Waals surface area contributed by atoms with Crippen LogP contribution in [0.25, 0.3) is 0 Å². The van der Waals surface area contributed by atoms with Crippen LogP contribution < -0.4 is 5.32 Å². The van der Waals surface area contributed by atoms with Crippen molar-refractivity contribution in [3.8, 4) is 0 Å². The Morgan fingerprint density at radius 1 is 1.10 bits per heavy atom. The van der Waals surface area contributed by atoms with E-state index in [1.165, 1.54) is 25.9 Å². The number of nitrogens with one attached hydrogen (secondary N) is 1. The zero-order valence-corrected chi connectivity index (χ0v) is 13.7. The summed E-state index contributed by atoms with van der Waals surface area (Å²) in [5.74, 6) is 1.11. The fourth-order valence-electron chi connectivity index (χ4n) is 3.48. The van der Waals surface area contributed by atoms with Crippen molar-refractivity contribution in [3.63, 3.8) is 0 Å². The lowest BCUT2D eigenvalue weighted by atomic mass is 10.0. The topological polar surface area (TPSA) is 35.6 Å². The molecule has 2 heterocycles. The number of carbonyl (C=O) groups excluding carboxylic acids is 1. The van der Waals surface area contributed by atoms with E-state index in [1.807, 2.05) is 0 Å². The van der Waals surface area contributed by atoms with Crippen LogP contribution in [-0.4, -0.2) is 53.6 Å². The maximum atomic E-state index is 12.7. The number of amides is 1. The predicted molar refractivity (Wildman–Crippen MR) is 82.4 cm³/mol. The van der Waals surface area contributed by atoms with Gasteiger partial charge in [0.05, 0.1) is 12.2 Å². The summed E-state index contributed by atoms with van der Waals surface area (Å²) >= 11 is 0. The second kappa shape index (κ2) is 6.44. The van der Waals surface area contributed by atoms with Crippen molar-refractivity contribution in [3.05, 3.63) is 0 Å². The second-order valence-electron chi connectivity index (χ2n) is 7.16. The first-order valence-corrected chi connectivity index (χ1v) is 8.22. The Morgan fingerprint density at radius 2 is 1.70 bits per heavy atom. The maximum absolute atomic E-state index is 12.7. The van der Waals surface area contributed by atoms with E-state index in [0.717, 1.165) is 6.54 Å². The third-order valence-corrected chi connectivity index (χ3v) is 4.76. The van der Waals surface area contributed by atoms with Crippen LogP contribution in [0, 0.1) is 11.8 Å². The highest BCUT2D eigenvalue weighted by molar-refractivity contribution is 5.84. The highest BCUT2D eigenvalue weighted by Gasteiger charge is 2.42. The van der Waals surface area contributed by atoms with Gasteiger partial charge in [-0.05, 0) is 44.7 Å². The van der Waals surface area contributed by atoms with E-state index in [1.54, 1.807) is 0 Å². The molecule has 1 amide bonds. The molecule has 2 aliphatic rings. The highest BCUT2D eigenvalue weighted by Crippen LogP contribution is 2.23. The summed E-state index contributed by atoms with van der Waals surface area (Å²) in [5.41, 5.74) is 0. The van der Waals surface area contributed by atoms with E-state index in [9.17, 15) is 4.79 Å². The van der Waals surface area contributed by atoms with Gasteiger partial charge in [-0.3, -0.25) is 15.0 Å². The molecule has 2 rings (SSSR count). The number of hydrogen-bond donors (Lipinski definition) is 1. The molecule has 4 heteroatoms. The summed E-state index contributed by atoms with van der Waals surface area (Å²) in [6, 6.07) is 0.462. The van der Waals surface area contributed by atoms with Gasteiger partial charge < -0.3 is 4.90 Å². The minimum atomic E-state index is -0.00632. The molecule has 3 atom stereocenters. The Labute approximate surface area is 123 Å². The third-order valence-electron chi connectivity index (χ3n) is 4.76. The molecule has 0 bridgehead atoms. The van der Waals surface area contributed by atoms with E-state index in [-0.39, 0.29) is 12.2 Å². The fraction of sp³-hybridized carbons (Fsp3) is 0.938. The first kappa shape index (κ1) is 15.8. The number of hydrogen-bond acceptors (Lipinski definition) is 3. The van der Waals surface area contributed by atoms with Crippen molar-refractivity contribution >= 4 is 5.91 Å². The molecule has 0 aliphatic carbocycles. The Hall–Kier alpha value is -0.610. The summed E-state index contributed by atoms with van der Waals surface area (Å²) in [5, 5.41) is 3.54. The molecule has 0 aromatic heterocycles. The van der Waals surface area contributed by atoms with Crippen LogP contribution in [0.3, 0.4) is 0 Å². The molecule has 0 spiro atoms. The first-order valence-electron chi connectivity index (χ1n) is 8.22. The zero-order chi connectivity index (χ0) is 14.9. The van der Waals surface area contributed by atoms with Gasteiger partial charge in [-0.15, -0.1) is 0 Å². The summed E-state index contributed by atoms with van der Waals surface area (Å²) in [6.45, 7) is 14.1. The summed E-state index contributed by atoms with van der Waals surface area (Å²) in [6.07, 6.45) is 2.80. The van der Waals surface area contributed by atoms with Gasteiger partial charge in [0.25, 0.3) is 0 Å². The van der Waals surface area contributed by atoms with Gasteiger partial charge in [0.15, 0.2) is 0 Å². The standard InChI is InChI=1S/C16H31N3O/c1-11(2)14-16(20)19(15(17-14)12(3)4)10-13(5)18-8-6-7-9-18/h11-15,17H,6-10H2,1-5H3. The van der Waals surface area contributed by atoms with Crippen molar-refractivity contribution < 1.29 is 4.79 Å². The molecule has 1 N–H and O–H groups in total. The second-order valence-corrected chi connectivity index (χ2v) is 7.16. The van der Waals surface area contributed by atoms with E-state index in [4.69, 9.17) is 0 Å². The van der Waals surface area contributed by atoms with Crippen LogP contribution in [0.1, 0.15) is 47.5 Å². The number of nitrogens with zero attached hydrogens (tertiary/aromatic N) is 2. The van der Waals surface area contributed by atoms with Gasteiger partial charge in [0.2, 0.25) is 5.91 Å². The minimum absolute atomic E-state index is 0.00632. The van der Waals surface area contributed by atoms with Crippen molar-refractivity contribution in [2.75, 3.05) is 19.6 Å². The molecule has 0 aromatic rings. The van der Waals surface area contributed by atoms with Gasteiger partial charge >= 0.3 is 0 Å². The quantitative estimate of drug-likeness (QED) is 0.836. The van der Waals surface area contributed by atoms with E-state index in [0.29, 0.717) is 23.8 Å². The molecule has 0 saturated carbocycles. The van der Waals surface area contributed by atoms with Crippen molar-refractivity contribution in [1.82, 2.24) is 15.1 Å². The molecule has 3 unspecified atom stereocenters.